The number of benzene rings is 1. The molecule has 1 heterocycles. The second-order valence-electron chi connectivity index (χ2n) is 6.09. The number of carboxylic acid groups (broad SMARTS) is 1. The summed E-state index contributed by atoms with van der Waals surface area (Å²) in [5.74, 6) is -0.800. The number of aromatic carboxylic acids is 1. The highest BCUT2D eigenvalue weighted by atomic mass is 19.1. The van der Waals surface area contributed by atoms with Crippen molar-refractivity contribution in [2.24, 2.45) is 5.92 Å². The number of carboxylic acids is 1. The van der Waals surface area contributed by atoms with Gasteiger partial charge >= 0.3 is 5.97 Å². The van der Waals surface area contributed by atoms with Gasteiger partial charge in [0.05, 0.1) is 5.56 Å². The van der Waals surface area contributed by atoms with E-state index >= 15 is 0 Å². The van der Waals surface area contributed by atoms with Crippen molar-refractivity contribution in [2.75, 3.05) is 33.7 Å². The molecule has 116 valence electrons. The fourth-order valence-electron chi connectivity index (χ4n) is 2.89. The molecule has 1 aromatic rings. The van der Waals surface area contributed by atoms with E-state index in [4.69, 9.17) is 5.11 Å². The first-order valence-corrected chi connectivity index (χ1v) is 7.34. The minimum Gasteiger partial charge on any atom is -0.478 e. The molecule has 0 saturated carbocycles. The standard InChI is InChI=1S/C16H23FN2O2/c1-18(2)10-12-5-7-19(8-6-12)11-14-4-3-13(16(20)21)9-15(14)17/h3-4,9,12H,5-8,10-11H2,1-2H3,(H,20,21). The first kappa shape index (κ1) is 15.9. The predicted molar refractivity (Wildman–Crippen MR) is 79.9 cm³/mol. The molecule has 0 spiro atoms. The predicted octanol–water partition coefficient (Wildman–Crippen LogP) is 2.30. The van der Waals surface area contributed by atoms with Gasteiger partial charge in [-0.15, -0.1) is 0 Å². The summed E-state index contributed by atoms with van der Waals surface area (Å²) in [6, 6.07) is 4.17. The lowest BCUT2D eigenvalue weighted by Gasteiger charge is -2.33. The molecule has 2 rings (SSSR count). The van der Waals surface area contributed by atoms with Crippen molar-refractivity contribution in [2.45, 2.75) is 19.4 Å². The van der Waals surface area contributed by atoms with Crippen LogP contribution >= 0.6 is 0 Å². The van der Waals surface area contributed by atoms with E-state index < -0.39 is 11.8 Å². The summed E-state index contributed by atoms with van der Waals surface area (Å²) < 4.78 is 13.9. The summed E-state index contributed by atoms with van der Waals surface area (Å²) in [5.41, 5.74) is 0.576. The van der Waals surface area contributed by atoms with Crippen LogP contribution in [0.3, 0.4) is 0 Å². The van der Waals surface area contributed by atoms with E-state index in [0.717, 1.165) is 44.5 Å². The van der Waals surface area contributed by atoms with Crippen LogP contribution in [0.25, 0.3) is 0 Å². The zero-order valence-corrected chi connectivity index (χ0v) is 12.7. The van der Waals surface area contributed by atoms with Crippen LogP contribution in [0.2, 0.25) is 0 Å². The Hall–Kier alpha value is -1.46. The van der Waals surface area contributed by atoms with Crippen molar-refractivity contribution in [3.8, 4) is 0 Å². The van der Waals surface area contributed by atoms with Crippen LogP contribution in [0.5, 0.6) is 0 Å². The van der Waals surface area contributed by atoms with Crippen molar-refractivity contribution in [3.63, 3.8) is 0 Å². The SMILES string of the molecule is CN(C)CC1CCN(Cc2ccc(C(=O)O)cc2F)CC1. The number of halogens is 1. The van der Waals surface area contributed by atoms with Crippen molar-refractivity contribution in [3.05, 3.63) is 35.1 Å². The second kappa shape index (κ2) is 7.00. The van der Waals surface area contributed by atoms with Crippen molar-refractivity contribution in [1.29, 1.82) is 0 Å². The van der Waals surface area contributed by atoms with Crippen LogP contribution < -0.4 is 0 Å². The van der Waals surface area contributed by atoms with E-state index in [1.807, 2.05) is 0 Å². The Morgan fingerprint density at radius 2 is 2.05 bits per heavy atom. The van der Waals surface area contributed by atoms with Gasteiger partial charge in [-0.1, -0.05) is 6.07 Å². The highest BCUT2D eigenvalue weighted by Gasteiger charge is 2.20. The molecule has 1 aromatic carbocycles. The van der Waals surface area contributed by atoms with Gasteiger partial charge in [-0.3, -0.25) is 4.90 Å². The van der Waals surface area contributed by atoms with E-state index in [1.165, 1.54) is 6.07 Å². The number of hydrogen-bond acceptors (Lipinski definition) is 3. The number of rotatable bonds is 5. The highest BCUT2D eigenvalue weighted by Crippen LogP contribution is 2.21. The molecule has 0 unspecified atom stereocenters. The lowest BCUT2D eigenvalue weighted by molar-refractivity contribution is 0.0696. The molecule has 1 saturated heterocycles. The minimum atomic E-state index is -1.09. The maximum absolute atomic E-state index is 13.9. The third kappa shape index (κ3) is 4.51. The zero-order chi connectivity index (χ0) is 15.4. The molecule has 0 radical (unpaired) electrons. The zero-order valence-electron chi connectivity index (χ0n) is 12.7. The van der Waals surface area contributed by atoms with Crippen LogP contribution in [0.1, 0.15) is 28.8 Å². The Bertz CT molecular complexity index is 497. The van der Waals surface area contributed by atoms with Crippen molar-refractivity contribution >= 4 is 5.97 Å². The smallest absolute Gasteiger partial charge is 0.335 e. The molecule has 0 bridgehead atoms. The number of likely N-dealkylation sites (tertiary alicyclic amines) is 1. The lowest BCUT2D eigenvalue weighted by Crippen LogP contribution is -2.36. The number of carbonyl (C=O) groups is 1. The van der Waals surface area contributed by atoms with E-state index in [1.54, 1.807) is 6.07 Å². The summed E-state index contributed by atoms with van der Waals surface area (Å²) >= 11 is 0. The Morgan fingerprint density at radius 1 is 1.38 bits per heavy atom. The van der Waals surface area contributed by atoms with Gasteiger partial charge in [0.25, 0.3) is 0 Å². The monoisotopic (exact) mass is 294 g/mol. The first-order chi connectivity index (χ1) is 9.95. The van der Waals surface area contributed by atoms with Gasteiger partial charge < -0.3 is 10.0 Å². The highest BCUT2D eigenvalue weighted by molar-refractivity contribution is 5.87. The van der Waals surface area contributed by atoms with E-state index in [0.29, 0.717) is 12.1 Å². The van der Waals surface area contributed by atoms with E-state index in [9.17, 15) is 9.18 Å². The van der Waals surface area contributed by atoms with Gasteiger partial charge in [-0.25, -0.2) is 9.18 Å². The van der Waals surface area contributed by atoms with Gasteiger partial charge in [-0.2, -0.15) is 0 Å². The van der Waals surface area contributed by atoms with Gasteiger partial charge in [0.1, 0.15) is 5.82 Å². The van der Waals surface area contributed by atoms with E-state index in [-0.39, 0.29) is 5.56 Å². The molecular formula is C16H23FN2O2. The molecule has 0 atom stereocenters. The van der Waals surface area contributed by atoms with Crippen molar-refractivity contribution < 1.29 is 14.3 Å². The van der Waals surface area contributed by atoms with Gasteiger partial charge in [-0.05, 0) is 58.1 Å². The largest absolute Gasteiger partial charge is 0.478 e. The third-order valence-corrected chi connectivity index (χ3v) is 4.02. The molecule has 5 heteroatoms. The quantitative estimate of drug-likeness (QED) is 0.905. The Balaban J connectivity index is 1.90. The Kier molecular flexibility index (Phi) is 5.31. The van der Waals surface area contributed by atoms with Crippen LogP contribution in [-0.4, -0.2) is 54.6 Å². The number of hydrogen-bond donors (Lipinski definition) is 1. The molecule has 0 aromatic heterocycles. The van der Waals surface area contributed by atoms with Gasteiger partial charge in [0.2, 0.25) is 0 Å². The van der Waals surface area contributed by atoms with Crippen LogP contribution in [0.15, 0.2) is 18.2 Å². The summed E-state index contributed by atoms with van der Waals surface area (Å²) in [7, 11) is 4.18. The Labute approximate surface area is 125 Å². The summed E-state index contributed by atoms with van der Waals surface area (Å²) in [6.45, 7) is 3.60. The van der Waals surface area contributed by atoms with E-state index in [2.05, 4.69) is 23.9 Å². The topological polar surface area (TPSA) is 43.8 Å². The summed E-state index contributed by atoms with van der Waals surface area (Å²) in [6.07, 6.45) is 2.26. The summed E-state index contributed by atoms with van der Waals surface area (Å²) in [5, 5.41) is 8.84. The van der Waals surface area contributed by atoms with Gasteiger partial charge in [0, 0.05) is 18.7 Å². The lowest BCUT2D eigenvalue weighted by atomic mass is 9.96. The Morgan fingerprint density at radius 3 is 2.57 bits per heavy atom. The average molecular weight is 294 g/mol. The molecule has 4 nitrogen and oxygen atoms in total. The normalized spacial score (nSPS) is 17.3. The number of piperidine rings is 1. The average Bonchev–Trinajstić information content (AvgIpc) is 2.42. The van der Waals surface area contributed by atoms with Crippen LogP contribution in [0.4, 0.5) is 4.39 Å². The van der Waals surface area contributed by atoms with Crippen LogP contribution in [0, 0.1) is 11.7 Å². The fraction of sp³-hybridized carbons (Fsp3) is 0.562. The molecule has 1 fully saturated rings. The number of nitrogens with zero attached hydrogens (tertiary/aromatic N) is 2. The molecule has 21 heavy (non-hydrogen) atoms. The third-order valence-electron chi connectivity index (χ3n) is 4.02. The second-order valence-corrected chi connectivity index (χ2v) is 6.09. The minimum absolute atomic E-state index is 0.000871. The molecule has 1 aliphatic rings. The summed E-state index contributed by atoms with van der Waals surface area (Å²) in [4.78, 5) is 15.3. The van der Waals surface area contributed by atoms with Crippen LogP contribution in [-0.2, 0) is 6.54 Å². The fourth-order valence-corrected chi connectivity index (χ4v) is 2.89. The van der Waals surface area contributed by atoms with Crippen molar-refractivity contribution in [1.82, 2.24) is 9.80 Å². The molecule has 1 aliphatic heterocycles. The first-order valence-electron chi connectivity index (χ1n) is 7.34. The molecule has 0 aliphatic carbocycles. The molecule has 1 N–H and O–H groups in total. The maximum atomic E-state index is 13.9. The maximum Gasteiger partial charge on any atom is 0.335 e. The molecule has 0 amide bonds. The molecular weight excluding hydrogens is 271 g/mol. The van der Waals surface area contributed by atoms with Gasteiger partial charge in [0.15, 0.2) is 0 Å².